The zero-order valence-electron chi connectivity index (χ0n) is 15.3. The van der Waals surface area contributed by atoms with E-state index in [1.54, 1.807) is 26.2 Å². The summed E-state index contributed by atoms with van der Waals surface area (Å²) in [5, 5.41) is 0. The molecule has 0 bridgehead atoms. The van der Waals surface area contributed by atoms with Crippen molar-refractivity contribution >= 4 is 10.2 Å². The van der Waals surface area contributed by atoms with E-state index in [2.05, 4.69) is 4.98 Å². The number of halogens is 1. The lowest BCUT2D eigenvalue weighted by molar-refractivity contribution is 0.296. The van der Waals surface area contributed by atoms with Gasteiger partial charge in [-0.15, -0.1) is 0 Å². The van der Waals surface area contributed by atoms with Gasteiger partial charge in [-0.25, -0.2) is 4.39 Å². The fraction of sp³-hybridized carbons (Fsp3) is 0.421. The number of benzene rings is 1. The summed E-state index contributed by atoms with van der Waals surface area (Å²) in [6.07, 6.45) is 1.71. The Hall–Kier alpha value is -1.83. The van der Waals surface area contributed by atoms with Crippen LogP contribution in [0, 0.1) is 12.7 Å². The van der Waals surface area contributed by atoms with E-state index in [1.165, 1.54) is 20.7 Å². The quantitative estimate of drug-likeness (QED) is 0.822. The molecule has 2 heterocycles. The van der Waals surface area contributed by atoms with Gasteiger partial charge in [0.05, 0.1) is 0 Å². The van der Waals surface area contributed by atoms with Crippen molar-refractivity contribution in [1.29, 1.82) is 0 Å². The Morgan fingerprint density at radius 3 is 2.50 bits per heavy atom. The third kappa shape index (κ3) is 3.95. The smallest absolute Gasteiger partial charge is 0.258 e. The predicted molar refractivity (Wildman–Crippen MR) is 101 cm³/mol. The van der Waals surface area contributed by atoms with E-state index < -0.39 is 10.2 Å². The van der Waals surface area contributed by atoms with Gasteiger partial charge in [0, 0.05) is 44.5 Å². The van der Waals surface area contributed by atoms with Crippen LogP contribution in [0.25, 0.3) is 11.1 Å². The fourth-order valence-corrected chi connectivity index (χ4v) is 4.53. The lowest BCUT2D eigenvalue weighted by Gasteiger charge is -2.33. The lowest BCUT2D eigenvalue weighted by atomic mass is 9.93. The van der Waals surface area contributed by atoms with Crippen LogP contribution in [0.2, 0.25) is 0 Å². The first-order valence-electron chi connectivity index (χ1n) is 8.69. The van der Waals surface area contributed by atoms with Crippen LogP contribution >= 0.6 is 0 Å². The molecule has 1 aliphatic heterocycles. The highest BCUT2D eigenvalue weighted by atomic mass is 32.2. The van der Waals surface area contributed by atoms with Gasteiger partial charge in [-0.3, -0.25) is 4.98 Å². The molecule has 1 fully saturated rings. The molecule has 5 nitrogen and oxygen atoms in total. The minimum Gasteiger partial charge on any atom is -0.258 e. The second kappa shape index (κ2) is 7.42. The number of nitrogens with zero attached hydrogens (tertiary/aromatic N) is 3. The molecule has 26 heavy (non-hydrogen) atoms. The van der Waals surface area contributed by atoms with Crippen LogP contribution < -0.4 is 0 Å². The number of aromatic nitrogens is 1. The number of piperidine rings is 1. The summed E-state index contributed by atoms with van der Waals surface area (Å²) >= 11 is 0. The Morgan fingerprint density at radius 2 is 1.85 bits per heavy atom. The molecular weight excluding hydrogens is 353 g/mol. The summed E-state index contributed by atoms with van der Waals surface area (Å²) < 4.78 is 40.9. The second-order valence-electron chi connectivity index (χ2n) is 6.92. The van der Waals surface area contributed by atoms with E-state index >= 15 is 0 Å². The van der Waals surface area contributed by atoms with Gasteiger partial charge in [0.2, 0.25) is 0 Å². The van der Waals surface area contributed by atoms with Crippen LogP contribution in [0.5, 0.6) is 0 Å². The first-order chi connectivity index (χ1) is 12.3. The van der Waals surface area contributed by atoms with Crippen molar-refractivity contribution in [3.8, 4) is 11.1 Å². The first kappa shape index (κ1) is 18.9. The third-order valence-electron chi connectivity index (χ3n) is 4.74. The standard InChI is InChI=1S/C19H24FN3O2S/c1-14-11-17(15-6-8-18(20)9-7-15)12-19(21-14)16-5-4-10-23(13-16)26(24,25)22(2)3/h6-9,11-12,16H,4-5,10,13H2,1-3H3/t16-/m1/s1. The van der Waals surface area contributed by atoms with Crippen LogP contribution in [0.3, 0.4) is 0 Å². The number of hydrogen-bond acceptors (Lipinski definition) is 3. The van der Waals surface area contributed by atoms with Crippen molar-refractivity contribution in [1.82, 2.24) is 13.6 Å². The average Bonchev–Trinajstić information content (AvgIpc) is 2.62. The van der Waals surface area contributed by atoms with Crippen molar-refractivity contribution in [2.75, 3.05) is 27.2 Å². The largest absolute Gasteiger partial charge is 0.281 e. The van der Waals surface area contributed by atoms with Crippen LogP contribution in [0.15, 0.2) is 36.4 Å². The van der Waals surface area contributed by atoms with Gasteiger partial charge >= 0.3 is 0 Å². The van der Waals surface area contributed by atoms with Gasteiger partial charge in [-0.05, 0) is 55.2 Å². The molecule has 1 aromatic carbocycles. The maximum atomic E-state index is 13.2. The van der Waals surface area contributed by atoms with E-state index in [1.807, 2.05) is 19.1 Å². The number of hydrogen-bond donors (Lipinski definition) is 0. The van der Waals surface area contributed by atoms with E-state index in [-0.39, 0.29) is 11.7 Å². The molecule has 2 aromatic rings. The molecule has 0 radical (unpaired) electrons. The molecule has 1 aliphatic rings. The molecule has 0 spiro atoms. The summed E-state index contributed by atoms with van der Waals surface area (Å²) in [7, 11) is -0.317. The van der Waals surface area contributed by atoms with Gasteiger partial charge in [-0.1, -0.05) is 12.1 Å². The number of pyridine rings is 1. The Morgan fingerprint density at radius 1 is 1.15 bits per heavy atom. The maximum absolute atomic E-state index is 13.2. The second-order valence-corrected chi connectivity index (χ2v) is 9.06. The van der Waals surface area contributed by atoms with Crippen LogP contribution in [-0.2, 0) is 10.2 Å². The monoisotopic (exact) mass is 377 g/mol. The molecular formula is C19H24FN3O2S. The molecule has 0 aliphatic carbocycles. The van der Waals surface area contributed by atoms with E-state index in [0.29, 0.717) is 13.1 Å². The third-order valence-corrected chi connectivity index (χ3v) is 6.65. The highest BCUT2D eigenvalue weighted by molar-refractivity contribution is 7.86. The zero-order chi connectivity index (χ0) is 18.9. The normalized spacial score (nSPS) is 19.0. The Kier molecular flexibility index (Phi) is 5.41. The minimum atomic E-state index is -3.42. The van der Waals surface area contributed by atoms with Crippen molar-refractivity contribution < 1.29 is 12.8 Å². The van der Waals surface area contributed by atoms with Gasteiger partial charge in [-0.2, -0.15) is 17.0 Å². The van der Waals surface area contributed by atoms with Gasteiger partial charge in [0.15, 0.2) is 0 Å². The van der Waals surface area contributed by atoms with Gasteiger partial charge in [0.1, 0.15) is 5.82 Å². The SMILES string of the molecule is Cc1cc(-c2ccc(F)cc2)cc([C@@H]2CCCN(S(=O)(=O)N(C)C)C2)n1. The maximum Gasteiger partial charge on any atom is 0.281 e. The van der Waals surface area contributed by atoms with Crippen molar-refractivity contribution in [3.63, 3.8) is 0 Å². The van der Waals surface area contributed by atoms with Crippen LogP contribution in [0.4, 0.5) is 4.39 Å². The number of rotatable bonds is 4. The van der Waals surface area contributed by atoms with Crippen molar-refractivity contribution in [3.05, 3.63) is 53.6 Å². The minimum absolute atomic E-state index is 0.0533. The fourth-order valence-electron chi connectivity index (χ4n) is 3.34. The molecule has 0 unspecified atom stereocenters. The molecule has 7 heteroatoms. The van der Waals surface area contributed by atoms with Crippen molar-refractivity contribution in [2.24, 2.45) is 0 Å². The Bertz CT molecular complexity index is 882. The molecule has 140 valence electrons. The summed E-state index contributed by atoms with van der Waals surface area (Å²) in [4.78, 5) is 4.65. The molecule has 1 aromatic heterocycles. The summed E-state index contributed by atoms with van der Waals surface area (Å²) in [6.45, 7) is 2.89. The van der Waals surface area contributed by atoms with Gasteiger partial charge in [0.25, 0.3) is 10.2 Å². The van der Waals surface area contributed by atoms with E-state index in [4.69, 9.17) is 0 Å². The number of aryl methyl sites for hydroxylation is 1. The molecule has 0 N–H and O–H groups in total. The summed E-state index contributed by atoms with van der Waals surface area (Å²) in [6, 6.07) is 10.3. The lowest BCUT2D eigenvalue weighted by Crippen LogP contribution is -2.45. The van der Waals surface area contributed by atoms with E-state index in [9.17, 15) is 12.8 Å². The van der Waals surface area contributed by atoms with Crippen molar-refractivity contribution in [2.45, 2.75) is 25.7 Å². The van der Waals surface area contributed by atoms with Crippen LogP contribution in [0.1, 0.15) is 30.1 Å². The van der Waals surface area contributed by atoms with E-state index in [0.717, 1.165) is 35.4 Å². The molecule has 1 atom stereocenters. The molecule has 0 amide bonds. The molecule has 0 saturated carbocycles. The zero-order valence-corrected chi connectivity index (χ0v) is 16.1. The highest BCUT2D eigenvalue weighted by Crippen LogP contribution is 2.31. The molecule has 3 rings (SSSR count). The average molecular weight is 377 g/mol. The molecule has 1 saturated heterocycles. The topological polar surface area (TPSA) is 53.5 Å². The summed E-state index contributed by atoms with van der Waals surface area (Å²) in [5.41, 5.74) is 3.66. The van der Waals surface area contributed by atoms with Gasteiger partial charge < -0.3 is 0 Å². The highest BCUT2D eigenvalue weighted by Gasteiger charge is 2.31. The predicted octanol–water partition coefficient (Wildman–Crippen LogP) is 3.18. The Balaban J connectivity index is 1.90. The van der Waals surface area contributed by atoms with Crippen LogP contribution in [-0.4, -0.2) is 49.2 Å². The summed E-state index contributed by atoms with van der Waals surface area (Å²) in [5.74, 6) is -0.214. The first-order valence-corrected chi connectivity index (χ1v) is 10.1. The Labute approximate surface area is 154 Å².